The van der Waals surface area contributed by atoms with E-state index in [1.54, 1.807) is 0 Å². The van der Waals surface area contributed by atoms with Crippen molar-refractivity contribution in [2.75, 3.05) is 13.1 Å². The molecule has 1 N–H and O–H groups in total. The maximum atomic E-state index is 10.3. The summed E-state index contributed by atoms with van der Waals surface area (Å²) in [7, 11) is 0. The summed E-state index contributed by atoms with van der Waals surface area (Å²) in [6.07, 6.45) is 6.21. The van der Waals surface area contributed by atoms with E-state index in [1.807, 2.05) is 0 Å². The molecule has 0 saturated heterocycles. The third-order valence-corrected chi connectivity index (χ3v) is 2.91. The summed E-state index contributed by atoms with van der Waals surface area (Å²) in [4.78, 5) is 12.7. The van der Waals surface area contributed by atoms with Crippen LogP contribution in [0.2, 0.25) is 0 Å². The van der Waals surface area contributed by atoms with Crippen molar-refractivity contribution in [1.29, 1.82) is 5.26 Å². The molecule has 1 rings (SSSR count). The fraction of sp³-hybridized carbons (Fsp3) is 0.833. The Morgan fingerprint density at radius 2 is 2.06 bits per heavy atom. The number of nitrogens with zero attached hydrogens (tertiary/aromatic N) is 2. The summed E-state index contributed by atoms with van der Waals surface area (Å²) in [5, 5.41) is 17.0. The third-order valence-electron chi connectivity index (χ3n) is 2.91. The van der Waals surface area contributed by atoms with Crippen LogP contribution in [0, 0.1) is 11.3 Å². The molecule has 16 heavy (non-hydrogen) atoms. The molecule has 0 aliphatic heterocycles. The zero-order valence-electron chi connectivity index (χ0n) is 9.69. The minimum atomic E-state index is -0.705. The highest BCUT2D eigenvalue weighted by Crippen LogP contribution is 2.27. The molecule has 0 amide bonds. The van der Waals surface area contributed by atoms with E-state index in [9.17, 15) is 4.79 Å². The second kappa shape index (κ2) is 7.24. The van der Waals surface area contributed by atoms with Crippen molar-refractivity contribution in [1.82, 2.24) is 4.90 Å². The van der Waals surface area contributed by atoms with Crippen molar-refractivity contribution < 1.29 is 9.90 Å². The second-order valence-corrected chi connectivity index (χ2v) is 4.38. The molecule has 0 aromatic rings. The Kier molecular flexibility index (Phi) is 5.87. The number of rotatable bonds is 9. The van der Waals surface area contributed by atoms with Gasteiger partial charge in [-0.1, -0.05) is 6.42 Å². The van der Waals surface area contributed by atoms with Crippen LogP contribution in [0.15, 0.2) is 0 Å². The molecular formula is C12H20N2O2. The summed E-state index contributed by atoms with van der Waals surface area (Å²) in [5.74, 6) is -0.705. The monoisotopic (exact) mass is 224 g/mol. The Morgan fingerprint density at radius 1 is 1.31 bits per heavy atom. The van der Waals surface area contributed by atoms with Crippen LogP contribution in [0.3, 0.4) is 0 Å². The van der Waals surface area contributed by atoms with Gasteiger partial charge in [0.15, 0.2) is 0 Å². The number of hydrogen-bond acceptors (Lipinski definition) is 3. The van der Waals surface area contributed by atoms with Crippen molar-refractivity contribution in [3.63, 3.8) is 0 Å². The highest BCUT2D eigenvalue weighted by molar-refractivity contribution is 5.66. The smallest absolute Gasteiger partial charge is 0.303 e. The zero-order chi connectivity index (χ0) is 11.8. The number of carbonyl (C=O) groups is 1. The molecule has 4 heteroatoms. The topological polar surface area (TPSA) is 64.3 Å². The molecule has 0 aromatic heterocycles. The van der Waals surface area contributed by atoms with E-state index in [4.69, 9.17) is 10.4 Å². The molecule has 1 aliphatic carbocycles. The predicted octanol–water partition coefficient (Wildman–Crippen LogP) is 2.01. The number of carboxylic acids is 1. The normalized spacial score (nSPS) is 15.0. The van der Waals surface area contributed by atoms with Gasteiger partial charge in [-0.3, -0.25) is 9.69 Å². The van der Waals surface area contributed by atoms with Gasteiger partial charge < -0.3 is 5.11 Å². The summed E-state index contributed by atoms with van der Waals surface area (Å²) in [5.41, 5.74) is 0. The molecular weight excluding hydrogens is 204 g/mol. The lowest BCUT2D eigenvalue weighted by atomic mass is 10.2. The average Bonchev–Trinajstić information content (AvgIpc) is 3.05. The summed E-state index contributed by atoms with van der Waals surface area (Å²) >= 11 is 0. The fourth-order valence-corrected chi connectivity index (χ4v) is 1.88. The highest BCUT2D eigenvalue weighted by atomic mass is 16.4. The number of nitriles is 1. The third kappa shape index (κ3) is 5.72. The molecule has 1 aliphatic rings. The number of carboxylic acid groups (broad SMARTS) is 1. The van der Waals surface area contributed by atoms with Gasteiger partial charge in [-0.15, -0.1) is 0 Å². The van der Waals surface area contributed by atoms with E-state index in [2.05, 4.69) is 11.0 Å². The van der Waals surface area contributed by atoms with Crippen LogP contribution in [0.25, 0.3) is 0 Å². The summed E-state index contributed by atoms with van der Waals surface area (Å²) in [6.45, 7) is 1.89. The van der Waals surface area contributed by atoms with Crippen molar-refractivity contribution in [3.05, 3.63) is 0 Å². The largest absolute Gasteiger partial charge is 0.481 e. The van der Waals surface area contributed by atoms with Crippen LogP contribution in [0.1, 0.15) is 44.9 Å². The lowest BCUT2D eigenvalue weighted by Crippen LogP contribution is -2.28. The van der Waals surface area contributed by atoms with E-state index in [0.717, 1.165) is 32.4 Å². The quantitative estimate of drug-likeness (QED) is 0.608. The van der Waals surface area contributed by atoms with Gasteiger partial charge in [0.05, 0.1) is 6.07 Å². The average molecular weight is 224 g/mol. The Bertz CT molecular complexity index is 256. The molecule has 1 fully saturated rings. The minimum Gasteiger partial charge on any atom is -0.481 e. The molecule has 0 spiro atoms. The molecule has 0 aromatic carbocycles. The zero-order valence-corrected chi connectivity index (χ0v) is 9.69. The van der Waals surface area contributed by atoms with Crippen LogP contribution in [0.5, 0.6) is 0 Å². The van der Waals surface area contributed by atoms with E-state index < -0.39 is 5.97 Å². The van der Waals surface area contributed by atoms with Crippen LogP contribution < -0.4 is 0 Å². The number of hydrogen-bond donors (Lipinski definition) is 1. The van der Waals surface area contributed by atoms with Crippen molar-refractivity contribution >= 4 is 5.97 Å². The van der Waals surface area contributed by atoms with E-state index >= 15 is 0 Å². The lowest BCUT2D eigenvalue weighted by Gasteiger charge is -2.20. The van der Waals surface area contributed by atoms with Gasteiger partial charge in [0.25, 0.3) is 0 Å². The fourth-order valence-electron chi connectivity index (χ4n) is 1.88. The predicted molar refractivity (Wildman–Crippen MR) is 60.9 cm³/mol. The van der Waals surface area contributed by atoms with Crippen LogP contribution in [0.4, 0.5) is 0 Å². The van der Waals surface area contributed by atoms with E-state index in [1.165, 1.54) is 12.8 Å². The first-order chi connectivity index (χ1) is 7.74. The summed E-state index contributed by atoms with van der Waals surface area (Å²) in [6, 6.07) is 2.88. The van der Waals surface area contributed by atoms with Gasteiger partial charge in [-0.25, -0.2) is 0 Å². The minimum absolute atomic E-state index is 0.279. The Morgan fingerprint density at radius 3 is 2.62 bits per heavy atom. The van der Waals surface area contributed by atoms with Gasteiger partial charge in [0.1, 0.15) is 0 Å². The molecule has 0 bridgehead atoms. The van der Waals surface area contributed by atoms with Gasteiger partial charge in [0.2, 0.25) is 0 Å². The van der Waals surface area contributed by atoms with E-state index in [0.29, 0.717) is 12.5 Å². The van der Waals surface area contributed by atoms with Crippen LogP contribution in [-0.4, -0.2) is 35.1 Å². The van der Waals surface area contributed by atoms with Gasteiger partial charge >= 0.3 is 5.97 Å². The Labute approximate surface area is 96.9 Å². The Hall–Kier alpha value is -1.08. The van der Waals surface area contributed by atoms with Crippen molar-refractivity contribution in [2.24, 2.45) is 0 Å². The summed E-state index contributed by atoms with van der Waals surface area (Å²) < 4.78 is 0. The number of unbranched alkanes of at least 4 members (excludes halogenated alkanes) is 2. The SMILES string of the molecule is N#CCCN(CCCCCC(=O)O)C1CC1. The molecule has 0 unspecified atom stereocenters. The number of aliphatic carboxylic acids is 1. The first kappa shape index (κ1) is 13.0. The maximum Gasteiger partial charge on any atom is 0.303 e. The first-order valence-corrected chi connectivity index (χ1v) is 6.07. The van der Waals surface area contributed by atoms with Crippen molar-refractivity contribution in [2.45, 2.75) is 51.0 Å². The standard InChI is InChI=1S/C12H20N2O2/c13-8-4-10-14(11-6-7-11)9-3-1-2-5-12(15)16/h11H,1-7,9-10H2,(H,15,16). The maximum absolute atomic E-state index is 10.3. The molecule has 90 valence electrons. The van der Waals surface area contributed by atoms with Crippen molar-refractivity contribution in [3.8, 4) is 6.07 Å². The molecule has 0 heterocycles. The lowest BCUT2D eigenvalue weighted by molar-refractivity contribution is -0.137. The van der Waals surface area contributed by atoms with Crippen LogP contribution in [-0.2, 0) is 4.79 Å². The second-order valence-electron chi connectivity index (χ2n) is 4.38. The van der Waals surface area contributed by atoms with Gasteiger partial charge in [-0.05, 0) is 32.2 Å². The van der Waals surface area contributed by atoms with E-state index in [-0.39, 0.29) is 6.42 Å². The molecule has 1 saturated carbocycles. The first-order valence-electron chi connectivity index (χ1n) is 6.07. The van der Waals surface area contributed by atoms with Crippen LogP contribution >= 0.6 is 0 Å². The molecule has 0 atom stereocenters. The molecule has 0 radical (unpaired) electrons. The van der Waals surface area contributed by atoms with Gasteiger partial charge in [0, 0.05) is 25.4 Å². The Balaban J connectivity index is 2.03. The highest BCUT2D eigenvalue weighted by Gasteiger charge is 2.27. The molecule has 4 nitrogen and oxygen atoms in total. The van der Waals surface area contributed by atoms with Gasteiger partial charge in [-0.2, -0.15) is 5.26 Å².